The Morgan fingerprint density at radius 3 is 2.72 bits per heavy atom. The summed E-state index contributed by atoms with van der Waals surface area (Å²) in [5.41, 5.74) is 0.174. The highest BCUT2D eigenvalue weighted by Gasteiger charge is 2.45. The summed E-state index contributed by atoms with van der Waals surface area (Å²) < 4.78 is 5.66. The van der Waals surface area contributed by atoms with Crippen LogP contribution in [0.3, 0.4) is 0 Å². The fourth-order valence-corrected chi connectivity index (χ4v) is 4.89. The smallest absolute Gasteiger partial charge is 0.290 e. The highest BCUT2D eigenvalue weighted by Crippen LogP contribution is 2.41. The number of hydrogen-bond donors (Lipinski definition) is 1. The maximum Gasteiger partial charge on any atom is 0.290 e. The Morgan fingerprint density at radius 2 is 2.08 bits per heavy atom. The molecule has 2 aliphatic rings. The maximum atomic E-state index is 12.9. The highest BCUT2D eigenvalue weighted by molar-refractivity contribution is 7.12. The van der Waals surface area contributed by atoms with E-state index in [0.717, 1.165) is 17.7 Å². The average Bonchev–Trinajstić information content (AvgIpc) is 3.39. The van der Waals surface area contributed by atoms with Crippen LogP contribution in [0.5, 0.6) is 0 Å². The fourth-order valence-electron chi connectivity index (χ4n) is 3.36. The largest absolute Gasteiger partial charge is 0.503 e. The van der Waals surface area contributed by atoms with Gasteiger partial charge in [0.2, 0.25) is 5.78 Å². The quantitative estimate of drug-likeness (QED) is 0.812. The molecule has 2 aromatic rings. The van der Waals surface area contributed by atoms with Crippen molar-refractivity contribution in [3.8, 4) is 0 Å². The van der Waals surface area contributed by atoms with Crippen molar-refractivity contribution < 1.29 is 19.4 Å². The lowest BCUT2D eigenvalue weighted by Crippen LogP contribution is -2.37. The number of carbonyl (C=O) groups is 2. The van der Waals surface area contributed by atoms with Crippen LogP contribution in [0, 0.1) is 0 Å². The van der Waals surface area contributed by atoms with E-state index in [1.807, 2.05) is 22.9 Å². The zero-order chi connectivity index (χ0) is 17.4. The molecule has 5 nitrogen and oxygen atoms in total. The molecule has 0 aliphatic carbocycles. The first kappa shape index (κ1) is 16.5. The van der Waals surface area contributed by atoms with Crippen molar-refractivity contribution >= 4 is 34.4 Å². The summed E-state index contributed by atoms with van der Waals surface area (Å²) in [6.07, 6.45) is 1.81. The van der Waals surface area contributed by atoms with E-state index in [1.165, 1.54) is 22.7 Å². The van der Waals surface area contributed by atoms with Crippen LogP contribution in [-0.4, -0.2) is 41.0 Å². The van der Waals surface area contributed by atoms with E-state index in [0.29, 0.717) is 18.0 Å². The van der Waals surface area contributed by atoms with Crippen LogP contribution in [-0.2, 0) is 9.53 Å². The van der Waals surface area contributed by atoms with Gasteiger partial charge in [0.25, 0.3) is 5.91 Å². The molecule has 1 amide bonds. The van der Waals surface area contributed by atoms with Gasteiger partial charge in [-0.1, -0.05) is 12.1 Å². The number of ether oxygens (including phenoxy) is 1. The van der Waals surface area contributed by atoms with E-state index < -0.39 is 17.7 Å². The Kier molecular flexibility index (Phi) is 4.45. The SMILES string of the molecule is O=C(C1=C(O)C(=O)N(C[C@H]2CCCO2)[C@H]1c1cccs1)c1cccs1. The molecule has 4 rings (SSSR count). The molecule has 1 N–H and O–H groups in total. The van der Waals surface area contributed by atoms with E-state index in [4.69, 9.17) is 4.74 Å². The van der Waals surface area contributed by atoms with Crippen LogP contribution in [0.25, 0.3) is 0 Å². The Balaban J connectivity index is 1.72. The summed E-state index contributed by atoms with van der Waals surface area (Å²) in [5.74, 6) is -1.21. The van der Waals surface area contributed by atoms with Crippen molar-refractivity contribution in [3.05, 3.63) is 56.1 Å². The molecule has 0 unspecified atom stereocenters. The van der Waals surface area contributed by atoms with Gasteiger partial charge in [-0.3, -0.25) is 9.59 Å². The fraction of sp³-hybridized carbons (Fsp3) is 0.333. The second-order valence-electron chi connectivity index (χ2n) is 6.08. The van der Waals surface area contributed by atoms with Gasteiger partial charge < -0.3 is 14.7 Å². The summed E-state index contributed by atoms with van der Waals surface area (Å²) in [7, 11) is 0. The Morgan fingerprint density at radius 1 is 1.28 bits per heavy atom. The van der Waals surface area contributed by atoms with Crippen LogP contribution in [0.2, 0.25) is 0 Å². The van der Waals surface area contributed by atoms with E-state index in [2.05, 4.69) is 0 Å². The standard InChI is InChI=1S/C18H17NO4S2/c20-16(13-6-3-9-25-13)14-15(12-5-2-8-24-12)19(18(22)17(14)21)10-11-4-1-7-23-11/h2-3,5-6,8-9,11,15,21H,1,4,7,10H2/t11-,15+/m1/s1. The van der Waals surface area contributed by atoms with Gasteiger partial charge in [0.15, 0.2) is 5.76 Å². The average molecular weight is 375 g/mol. The number of hydrogen-bond acceptors (Lipinski definition) is 6. The van der Waals surface area contributed by atoms with Crippen LogP contribution in [0.1, 0.15) is 33.4 Å². The molecule has 0 aromatic carbocycles. The number of nitrogens with zero attached hydrogens (tertiary/aromatic N) is 1. The summed E-state index contributed by atoms with van der Waals surface area (Å²) in [4.78, 5) is 28.6. The van der Waals surface area contributed by atoms with Crippen LogP contribution in [0.4, 0.5) is 0 Å². The summed E-state index contributed by atoms with van der Waals surface area (Å²) >= 11 is 2.78. The zero-order valence-corrected chi connectivity index (χ0v) is 15.0. The normalized spacial score (nSPS) is 23.7. The molecule has 1 fully saturated rings. The molecule has 0 spiro atoms. The number of rotatable bonds is 5. The summed E-state index contributed by atoms with van der Waals surface area (Å²) in [6.45, 7) is 1.07. The lowest BCUT2D eigenvalue weighted by molar-refractivity contribution is -0.130. The minimum Gasteiger partial charge on any atom is -0.503 e. The number of Topliss-reactive ketones (excluding diaryl/α,β-unsaturated/α-hetero) is 1. The van der Waals surface area contributed by atoms with Gasteiger partial charge in [-0.05, 0) is 35.7 Å². The number of thiophene rings is 2. The Bertz CT molecular complexity index is 804. The lowest BCUT2D eigenvalue weighted by Gasteiger charge is -2.27. The molecule has 2 aromatic heterocycles. The first-order valence-electron chi connectivity index (χ1n) is 8.14. The molecule has 0 bridgehead atoms. The predicted octanol–water partition coefficient (Wildman–Crippen LogP) is 3.57. The Labute approximate surface area is 153 Å². The van der Waals surface area contributed by atoms with Crippen molar-refractivity contribution in [2.75, 3.05) is 13.2 Å². The van der Waals surface area contributed by atoms with Gasteiger partial charge in [0.05, 0.1) is 22.6 Å². The molecule has 0 radical (unpaired) electrons. The van der Waals surface area contributed by atoms with Crippen molar-refractivity contribution in [2.24, 2.45) is 0 Å². The molecule has 2 aliphatic heterocycles. The summed E-state index contributed by atoms with van der Waals surface area (Å²) in [5, 5.41) is 14.2. The first-order chi connectivity index (χ1) is 12.2. The van der Waals surface area contributed by atoms with E-state index in [-0.39, 0.29) is 17.5 Å². The minimum absolute atomic E-state index is 0.0459. The van der Waals surface area contributed by atoms with Crippen molar-refractivity contribution in [1.29, 1.82) is 0 Å². The minimum atomic E-state index is -0.550. The molecule has 7 heteroatoms. The van der Waals surface area contributed by atoms with Crippen LogP contribution < -0.4 is 0 Å². The molecular weight excluding hydrogens is 358 g/mol. The highest BCUT2D eigenvalue weighted by atomic mass is 32.1. The van der Waals surface area contributed by atoms with Gasteiger partial charge in [-0.2, -0.15) is 0 Å². The third kappa shape index (κ3) is 2.92. The Hall–Kier alpha value is -1.96. The van der Waals surface area contributed by atoms with Gasteiger partial charge in [0, 0.05) is 18.0 Å². The van der Waals surface area contributed by atoms with E-state index in [9.17, 15) is 14.7 Å². The number of ketones is 1. The van der Waals surface area contributed by atoms with Crippen LogP contribution in [0.15, 0.2) is 46.4 Å². The van der Waals surface area contributed by atoms with Gasteiger partial charge >= 0.3 is 0 Å². The number of aliphatic hydroxyl groups excluding tert-OH is 1. The molecule has 0 saturated carbocycles. The molecule has 1 saturated heterocycles. The molecule has 2 atom stereocenters. The second kappa shape index (κ2) is 6.74. The number of aliphatic hydroxyl groups is 1. The maximum absolute atomic E-state index is 12.9. The number of amides is 1. The summed E-state index contributed by atoms with van der Waals surface area (Å²) in [6, 6.07) is 6.73. The predicted molar refractivity (Wildman–Crippen MR) is 96.1 cm³/mol. The van der Waals surface area contributed by atoms with Gasteiger partial charge in [0.1, 0.15) is 0 Å². The van der Waals surface area contributed by atoms with E-state index >= 15 is 0 Å². The number of carbonyl (C=O) groups excluding carboxylic acids is 2. The van der Waals surface area contributed by atoms with Gasteiger partial charge in [-0.15, -0.1) is 22.7 Å². The first-order valence-corrected chi connectivity index (χ1v) is 9.90. The van der Waals surface area contributed by atoms with Gasteiger partial charge in [-0.25, -0.2) is 0 Å². The van der Waals surface area contributed by atoms with Crippen LogP contribution >= 0.6 is 22.7 Å². The topological polar surface area (TPSA) is 66.8 Å². The van der Waals surface area contributed by atoms with Crippen molar-refractivity contribution in [1.82, 2.24) is 4.90 Å². The third-order valence-corrected chi connectivity index (χ3v) is 6.32. The van der Waals surface area contributed by atoms with E-state index in [1.54, 1.807) is 17.0 Å². The third-order valence-electron chi connectivity index (χ3n) is 4.53. The molecule has 25 heavy (non-hydrogen) atoms. The molecular formula is C18H17NO4S2. The zero-order valence-electron chi connectivity index (χ0n) is 13.4. The lowest BCUT2D eigenvalue weighted by atomic mass is 10.0. The van der Waals surface area contributed by atoms with Crippen molar-refractivity contribution in [3.63, 3.8) is 0 Å². The second-order valence-corrected chi connectivity index (χ2v) is 8.01. The molecule has 130 valence electrons. The molecule has 4 heterocycles. The van der Waals surface area contributed by atoms with Crippen molar-refractivity contribution in [2.45, 2.75) is 25.0 Å². The monoisotopic (exact) mass is 375 g/mol.